The normalized spacial score (nSPS) is 18.6. The fourth-order valence-corrected chi connectivity index (χ4v) is 5.76. The van der Waals surface area contributed by atoms with Crippen LogP contribution in [0.3, 0.4) is 0 Å². The summed E-state index contributed by atoms with van der Waals surface area (Å²) < 4.78 is 44.8. The molecule has 1 aliphatic carbocycles. The molecular weight excluding hydrogens is 684 g/mol. The van der Waals surface area contributed by atoms with Crippen LogP contribution in [0.1, 0.15) is 32.4 Å². The lowest BCUT2D eigenvalue weighted by molar-refractivity contribution is -0.656. The maximum Gasteiger partial charge on any atom is 0.351 e. The number of hydroxylamine groups is 2. The van der Waals surface area contributed by atoms with E-state index in [0.717, 1.165) is 41.1 Å². The number of nitrogens with one attached hydrogen (secondary N) is 2. The van der Waals surface area contributed by atoms with Gasteiger partial charge in [0.2, 0.25) is 10.4 Å². The van der Waals surface area contributed by atoms with Crippen LogP contribution in [0.15, 0.2) is 53.1 Å². The molecule has 49 heavy (non-hydrogen) atoms. The molecule has 7 N–H and O–H groups in total. The Morgan fingerprint density at radius 1 is 1.22 bits per heavy atom. The van der Waals surface area contributed by atoms with Crippen molar-refractivity contribution in [2.45, 2.75) is 49.9 Å². The van der Waals surface area contributed by atoms with Gasteiger partial charge in [0.15, 0.2) is 10.8 Å². The van der Waals surface area contributed by atoms with Crippen molar-refractivity contribution in [1.29, 1.82) is 0 Å². The molecule has 1 saturated carbocycles. The maximum absolute atomic E-state index is 13.2. The van der Waals surface area contributed by atoms with Gasteiger partial charge in [0.1, 0.15) is 30.6 Å². The smallest absolute Gasteiger partial charge is 0.351 e. The van der Waals surface area contributed by atoms with Gasteiger partial charge in [-0.1, -0.05) is 17.3 Å². The Bertz CT molecular complexity index is 1890. The number of oxime groups is 1. The molecule has 0 unspecified atom stereocenters. The standard InChI is InChI=1S/C29H34N8O10S2/c1-28(2)23(25(39)37(28)47-49(42,43)44)34-24(38)22(19-14-48-27(30)33-19)35-46-20(26(40)41)13-45-18-7-4-16(5-8-18)17-6-9-21(36(3)12-17)32-15-29(31)10-11-29/h4-9,12,14,20,23H,10-11,13,15,31H2,1-3H3,(H5,30,33,34,38,40,41,42,43,44)/b35-22-/t20-,23+/m0/s1. The topological polar surface area (TPSA) is 265 Å². The Morgan fingerprint density at radius 2 is 1.90 bits per heavy atom. The third-order valence-corrected chi connectivity index (χ3v) is 8.89. The summed E-state index contributed by atoms with van der Waals surface area (Å²) in [6, 6.07) is 9.51. The van der Waals surface area contributed by atoms with E-state index in [1.54, 1.807) is 12.1 Å². The number of benzene rings is 1. The zero-order chi connectivity index (χ0) is 35.7. The number of pyridine rings is 1. The minimum atomic E-state index is -5.27. The number of β-lactam (4-membered cyclic amide) rings is 1. The third-order valence-electron chi connectivity index (χ3n) is 7.88. The molecule has 3 aromatic rings. The van der Waals surface area contributed by atoms with Crippen molar-refractivity contribution < 1.29 is 50.9 Å². The fraction of sp³-hybridized carbons (Fsp3) is 0.379. The minimum absolute atomic E-state index is 0.0526. The maximum atomic E-state index is 13.2. The molecule has 3 heterocycles. The summed E-state index contributed by atoms with van der Waals surface area (Å²) in [5.74, 6) is -2.26. The van der Waals surface area contributed by atoms with E-state index in [1.165, 1.54) is 19.2 Å². The zero-order valence-corrected chi connectivity index (χ0v) is 28.1. The number of nitrogens with zero attached hydrogens (tertiary/aromatic N) is 4. The van der Waals surface area contributed by atoms with Crippen LogP contribution < -0.4 is 31.4 Å². The number of ether oxygens (including phenoxy) is 1. The molecular formula is C29H34N8O10S2. The summed E-state index contributed by atoms with van der Waals surface area (Å²) in [6.07, 6.45) is 2.29. The Balaban J connectivity index is 1.23. The number of anilines is 2. The van der Waals surface area contributed by atoms with E-state index in [0.29, 0.717) is 17.4 Å². The number of nitrogen functional groups attached to an aromatic ring is 1. The minimum Gasteiger partial charge on any atom is -0.724 e. The molecule has 262 valence electrons. The van der Waals surface area contributed by atoms with Gasteiger partial charge in [-0.25, -0.2) is 22.8 Å². The average molecular weight is 719 g/mol. The first-order valence-electron chi connectivity index (χ1n) is 14.7. The monoisotopic (exact) mass is 718 g/mol. The molecule has 1 aromatic carbocycles. The number of hydrogen-bond acceptors (Lipinski definition) is 15. The number of nitrogens with two attached hydrogens (primary N) is 2. The molecule has 2 atom stereocenters. The van der Waals surface area contributed by atoms with E-state index in [4.69, 9.17) is 21.0 Å². The average Bonchev–Trinajstić information content (AvgIpc) is 3.62. The van der Waals surface area contributed by atoms with Gasteiger partial charge < -0.3 is 36.0 Å². The van der Waals surface area contributed by atoms with Crippen LogP contribution in [-0.4, -0.2) is 88.0 Å². The number of hydrogen-bond donors (Lipinski definition) is 5. The van der Waals surface area contributed by atoms with Gasteiger partial charge in [0.05, 0.1) is 24.3 Å². The quantitative estimate of drug-likeness (QED) is 0.0342. The lowest BCUT2D eigenvalue weighted by Gasteiger charge is -2.51. The summed E-state index contributed by atoms with van der Waals surface area (Å²) in [4.78, 5) is 46.9. The zero-order valence-electron chi connectivity index (χ0n) is 26.5. The van der Waals surface area contributed by atoms with Gasteiger partial charge in [-0.2, -0.15) is 9.35 Å². The number of thiazole rings is 1. The van der Waals surface area contributed by atoms with E-state index in [-0.39, 0.29) is 16.4 Å². The third kappa shape index (κ3) is 8.40. The summed E-state index contributed by atoms with van der Waals surface area (Å²) in [5, 5.41) is 20.9. The molecule has 2 fully saturated rings. The summed E-state index contributed by atoms with van der Waals surface area (Å²) >= 11 is 0.954. The SMILES string of the molecule is C[n+]1cc(-c2ccc(OC[C@H](O/N=C(\C(=O)N[C@@H]3C(=O)N(OS(=O)(=O)[O-])C3(C)C)c3csc(N)n3)C(=O)O)cc2)ccc1NCC1(N)CC1. The first-order valence-corrected chi connectivity index (χ1v) is 16.9. The second-order valence-electron chi connectivity index (χ2n) is 12.1. The number of carbonyl (C=O) groups excluding carboxylic acids is 2. The van der Waals surface area contributed by atoms with Crippen molar-refractivity contribution >= 4 is 56.2 Å². The molecule has 2 aromatic heterocycles. The molecule has 1 aliphatic heterocycles. The highest BCUT2D eigenvalue weighted by Gasteiger charge is 2.57. The Labute approximate surface area is 284 Å². The van der Waals surface area contributed by atoms with Crippen LogP contribution in [0.2, 0.25) is 0 Å². The molecule has 18 nitrogen and oxygen atoms in total. The Morgan fingerprint density at radius 3 is 2.45 bits per heavy atom. The van der Waals surface area contributed by atoms with Crippen LogP contribution >= 0.6 is 11.3 Å². The first kappa shape index (κ1) is 35.4. The summed E-state index contributed by atoms with van der Waals surface area (Å²) in [6.45, 7) is 2.86. The van der Waals surface area contributed by atoms with Crippen LogP contribution in [-0.2, 0) is 41.0 Å². The molecule has 20 heteroatoms. The van der Waals surface area contributed by atoms with Crippen molar-refractivity contribution in [3.8, 4) is 16.9 Å². The van der Waals surface area contributed by atoms with E-state index < -0.39 is 58.2 Å². The predicted octanol–water partition coefficient (Wildman–Crippen LogP) is -0.130. The number of amides is 2. The molecule has 0 radical (unpaired) electrons. The fourth-order valence-electron chi connectivity index (χ4n) is 4.76. The van der Waals surface area contributed by atoms with Crippen molar-refractivity contribution in [3.63, 3.8) is 0 Å². The van der Waals surface area contributed by atoms with Crippen LogP contribution in [0.5, 0.6) is 5.75 Å². The largest absolute Gasteiger partial charge is 0.724 e. The van der Waals surface area contributed by atoms with Gasteiger partial charge in [0.25, 0.3) is 23.7 Å². The highest BCUT2D eigenvalue weighted by molar-refractivity contribution is 7.80. The number of carboxylic acid groups (broad SMARTS) is 1. The van der Waals surface area contributed by atoms with Crippen molar-refractivity contribution in [2.75, 3.05) is 24.2 Å². The summed E-state index contributed by atoms with van der Waals surface area (Å²) in [5.41, 5.74) is 11.5. The molecule has 5 rings (SSSR count). The van der Waals surface area contributed by atoms with Crippen molar-refractivity contribution in [1.82, 2.24) is 15.4 Å². The molecule has 0 spiro atoms. The number of aliphatic carboxylic acids is 1. The van der Waals surface area contributed by atoms with Crippen LogP contribution in [0.25, 0.3) is 11.1 Å². The number of rotatable bonds is 15. The van der Waals surface area contributed by atoms with Crippen molar-refractivity contribution in [2.24, 2.45) is 17.9 Å². The van der Waals surface area contributed by atoms with Crippen LogP contribution in [0.4, 0.5) is 10.9 Å². The van der Waals surface area contributed by atoms with Gasteiger partial charge in [0, 0.05) is 17.0 Å². The van der Waals surface area contributed by atoms with Gasteiger partial charge >= 0.3 is 5.97 Å². The highest BCUT2D eigenvalue weighted by atomic mass is 32.3. The van der Waals surface area contributed by atoms with Gasteiger partial charge in [-0.05, 0) is 50.5 Å². The lowest BCUT2D eigenvalue weighted by atomic mass is 9.84. The number of aromatic nitrogens is 2. The Kier molecular flexibility index (Phi) is 9.79. The molecule has 2 amide bonds. The van der Waals surface area contributed by atoms with E-state index in [9.17, 15) is 32.5 Å². The number of aryl methyl sites for hydroxylation is 1. The van der Waals surface area contributed by atoms with Crippen LogP contribution in [0, 0.1) is 0 Å². The second-order valence-corrected chi connectivity index (χ2v) is 13.9. The predicted molar refractivity (Wildman–Crippen MR) is 172 cm³/mol. The summed E-state index contributed by atoms with van der Waals surface area (Å²) in [7, 11) is -3.34. The van der Waals surface area contributed by atoms with Gasteiger partial charge in [-0.15, -0.1) is 11.3 Å². The lowest BCUT2D eigenvalue weighted by Crippen LogP contribution is -2.76. The number of carboxylic acids is 1. The molecule has 0 bridgehead atoms. The van der Waals surface area contributed by atoms with Crippen molar-refractivity contribution in [3.05, 3.63) is 53.7 Å². The highest BCUT2D eigenvalue weighted by Crippen LogP contribution is 2.33. The van der Waals surface area contributed by atoms with Gasteiger partial charge in [-0.3, -0.25) is 14.9 Å². The first-order chi connectivity index (χ1) is 23.0. The second kappa shape index (κ2) is 13.6. The van der Waals surface area contributed by atoms with E-state index >= 15 is 0 Å². The Hall–Kier alpha value is -4.89. The van der Waals surface area contributed by atoms with E-state index in [1.807, 2.05) is 42.1 Å². The number of carbonyl (C=O) groups is 3. The molecule has 2 aliphatic rings. The molecule has 1 saturated heterocycles. The van der Waals surface area contributed by atoms with E-state index in [2.05, 4.69) is 25.1 Å².